The molecule has 0 spiro atoms. The van der Waals surface area contributed by atoms with Crippen molar-refractivity contribution in [1.29, 1.82) is 0 Å². The molecule has 0 amide bonds. The van der Waals surface area contributed by atoms with Gasteiger partial charge in [0.1, 0.15) is 5.52 Å². The number of fused-ring (bicyclic) bond motifs is 1. The number of hydrogen-bond acceptors (Lipinski definition) is 4. The molecular weight excluding hydrogens is 353 g/mol. The van der Waals surface area contributed by atoms with E-state index < -0.39 is 0 Å². The molecule has 0 radical (unpaired) electrons. The van der Waals surface area contributed by atoms with Crippen LogP contribution in [-0.2, 0) is 11.3 Å². The second-order valence-corrected chi connectivity index (χ2v) is 6.64. The number of morpholine rings is 1. The molecule has 1 aliphatic rings. The molecule has 1 saturated heterocycles. The Hall–Kier alpha value is -2.37. The van der Waals surface area contributed by atoms with Crippen molar-refractivity contribution in [3.63, 3.8) is 0 Å². The molecule has 1 fully saturated rings. The molecule has 4 nitrogen and oxygen atoms in total. The fourth-order valence-electron chi connectivity index (χ4n) is 3.13. The van der Waals surface area contributed by atoms with Crippen molar-refractivity contribution < 1.29 is 9.13 Å². The maximum Gasteiger partial charge on any atom is 0.172 e. The summed E-state index contributed by atoms with van der Waals surface area (Å²) in [5.41, 5.74) is 2.98. The third kappa shape index (κ3) is 3.45. The van der Waals surface area contributed by atoms with E-state index in [4.69, 9.17) is 16.3 Å². The summed E-state index contributed by atoms with van der Waals surface area (Å²) in [6.07, 6.45) is 1.52. The van der Waals surface area contributed by atoms with E-state index in [0.717, 1.165) is 31.9 Å². The first-order valence-corrected chi connectivity index (χ1v) is 8.98. The topological polar surface area (TPSA) is 37.4 Å². The summed E-state index contributed by atoms with van der Waals surface area (Å²) in [6.45, 7) is 3.89. The molecule has 4 rings (SSSR count). The van der Waals surface area contributed by atoms with Gasteiger partial charge in [-0.3, -0.25) is 4.98 Å². The first kappa shape index (κ1) is 17.1. The Bertz CT molecular complexity index is 911. The van der Waals surface area contributed by atoms with Crippen LogP contribution in [0.25, 0.3) is 10.9 Å². The van der Waals surface area contributed by atoms with Gasteiger partial charge in [-0.15, -0.1) is 0 Å². The average molecular weight is 372 g/mol. The highest BCUT2D eigenvalue weighted by molar-refractivity contribution is 6.35. The Morgan fingerprint density at radius 1 is 1.08 bits per heavy atom. The van der Waals surface area contributed by atoms with E-state index in [-0.39, 0.29) is 11.3 Å². The van der Waals surface area contributed by atoms with Gasteiger partial charge in [0, 0.05) is 36.9 Å². The minimum absolute atomic E-state index is 0.283. The first-order valence-electron chi connectivity index (χ1n) is 8.60. The van der Waals surface area contributed by atoms with Gasteiger partial charge in [0.15, 0.2) is 5.82 Å². The number of nitrogens with zero attached hydrogens (tertiary/aromatic N) is 2. The lowest BCUT2D eigenvalue weighted by Gasteiger charge is -2.28. The third-order valence-electron chi connectivity index (χ3n) is 4.59. The third-order valence-corrected chi connectivity index (χ3v) is 4.92. The number of halogens is 2. The molecular formula is C20H19ClFN3O. The monoisotopic (exact) mass is 371 g/mol. The summed E-state index contributed by atoms with van der Waals surface area (Å²) in [7, 11) is 0. The number of anilines is 2. The summed E-state index contributed by atoms with van der Waals surface area (Å²) >= 11 is 6.09. The molecule has 3 aromatic rings. The van der Waals surface area contributed by atoms with Crippen LogP contribution in [0.3, 0.4) is 0 Å². The Balaban J connectivity index is 1.47. The zero-order valence-electron chi connectivity index (χ0n) is 14.2. The molecule has 1 aromatic heterocycles. The molecule has 6 heteroatoms. The molecule has 1 aliphatic heterocycles. The normalized spacial score (nSPS) is 14.6. The van der Waals surface area contributed by atoms with Crippen LogP contribution in [0.15, 0.2) is 48.7 Å². The summed E-state index contributed by atoms with van der Waals surface area (Å²) in [6, 6.07) is 13.5. The summed E-state index contributed by atoms with van der Waals surface area (Å²) < 4.78 is 20.0. The lowest BCUT2D eigenvalue weighted by Crippen LogP contribution is -2.36. The van der Waals surface area contributed by atoms with E-state index >= 15 is 0 Å². The van der Waals surface area contributed by atoms with Crippen LogP contribution in [-0.4, -0.2) is 31.3 Å². The number of benzene rings is 2. The van der Waals surface area contributed by atoms with Crippen LogP contribution in [0.4, 0.5) is 15.8 Å². The van der Waals surface area contributed by atoms with Gasteiger partial charge in [0.2, 0.25) is 0 Å². The lowest BCUT2D eigenvalue weighted by atomic mass is 10.1. The molecule has 26 heavy (non-hydrogen) atoms. The van der Waals surface area contributed by atoms with Crippen molar-refractivity contribution in [1.82, 2.24) is 4.98 Å². The highest BCUT2D eigenvalue weighted by atomic mass is 35.5. The Labute approximate surface area is 156 Å². The van der Waals surface area contributed by atoms with E-state index in [1.807, 2.05) is 0 Å². The summed E-state index contributed by atoms with van der Waals surface area (Å²) in [5.74, 6) is -0.380. The van der Waals surface area contributed by atoms with Crippen molar-refractivity contribution in [2.24, 2.45) is 0 Å². The van der Waals surface area contributed by atoms with Crippen LogP contribution >= 0.6 is 11.6 Å². The lowest BCUT2D eigenvalue weighted by molar-refractivity contribution is 0.122. The van der Waals surface area contributed by atoms with Gasteiger partial charge in [-0.25, -0.2) is 4.39 Å². The van der Waals surface area contributed by atoms with Crippen LogP contribution in [0.2, 0.25) is 5.02 Å². The number of nitrogens with one attached hydrogen (secondary N) is 1. The predicted molar refractivity (Wildman–Crippen MR) is 104 cm³/mol. The van der Waals surface area contributed by atoms with Crippen LogP contribution in [0.1, 0.15) is 5.56 Å². The molecule has 0 unspecified atom stereocenters. The summed E-state index contributed by atoms with van der Waals surface area (Å²) in [4.78, 5) is 6.41. The van der Waals surface area contributed by atoms with Gasteiger partial charge in [-0.05, 0) is 35.9 Å². The van der Waals surface area contributed by atoms with Crippen LogP contribution < -0.4 is 10.2 Å². The molecule has 0 aliphatic carbocycles. The minimum Gasteiger partial charge on any atom is -0.379 e. The largest absolute Gasteiger partial charge is 0.379 e. The Morgan fingerprint density at radius 3 is 2.62 bits per heavy atom. The van der Waals surface area contributed by atoms with Gasteiger partial charge in [-0.1, -0.05) is 23.7 Å². The zero-order valence-corrected chi connectivity index (χ0v) is 15.0. The molecule has 134 valence electrons. The van der Waals surface area contributed by atoms with Crippen molar-refractivity contribution in [2.75, 3.05) is 36.5 Å². The van der Waals surface area contributed by atoms with Gasteiger partial charge in [0.25, 0.3) is 0 Å². The SMILES string of the molecule is Fc1c(NCc2ccc(N3CCOCC3)cc2)ccc2c(Cl)ccnc12. The van der Waals surface area contributed by atoms with Gasteiger partial charge in [-0.2, -0.15) is 0 Å². The number of aromatic nitrogens is 1. The van der Waals surface area contributed by atoms with Crippen LogP contribution in [0.5, 0.6) is 0 Å². The molecule has 0 saturated carbocycles. The molecule has 2 aromatic carbocycles. The minimum atomic E-state index is -0.380. The van der Waals surface area contributed by atoms with Crippen molar-refractivity contribution in [2.45, 2.75) is 6.54 Å². The van der Waals surface area contributed by atoms with Gasteiger partial charge in [0.05, 0.1) is 23.9 Å². The van der Waals surface area contributed by atoms with E-state index in [2.05, 4.69) is 39.5 Å². The van der Waals surface area contributed by atoms with Crippen molar-refractivity contribution in [3.05, 3.63) is 65.1 Å². The number of rotatable bonds is 4. The maximum absolute atomic E-state index is 14.7. The molecule has 0 bridgehead atoms. The first-order chi connectivity index (χ1) is 12.7. The number of ether oxygens (including phenoxy) is 1. The number of hydrogen-bond donors (Lipinski definition) is 1. The van der Waals surface area contributed by atoms with E-state index in [0.29, 0.717) is 22.6 Å². The Kier molecular flexibility index (Phi) is 4.91. The van der Waals surface area contributed by atoms with Crippen molar-refractivity contribution in [3.8, 4) is 0 Å². The molecule has 0 atom stereocenters. The summed E-state index contributed by atoms with van der Waals surface area (Å²) in [5, 5.41) is 4.27. The molecule has 1 N–H and O–H groups in total. The van der Waals surface area contributed by atoms with Gasteiger partial charge < -0.3 is 15.0 Å². The van der Waals surface area contributed by atoms with E-state index in [1.165, 1.54) is 11.9 Å². The zero-order chi connectivity index (χ0) is 17.9. The second-order valence-electron chi connectivity index (χ2n) is 6.24. The quantitative estimate of drug-likeness (QED) is 0.734. The Morgan fingerprint density at radius 2 is 1.85 bits per heavy atom. The van der Waals surface area contributed by atoms with Gasteiger partial charge >= 0.3 is 0 Å². The maximum atomic E-state index is 14.7. The molecule has 2 heterocycles. The fraction of sp³-hybridized carbons (Fsp3) is 0.250. The van der Waals surface area contributed by atoms with E-state index in [9.17, 15) is 4.39 Å². The van der Waals surface area contributed by atoms with E-state index in [1.54, 1.807) is 18.2 Å². The predicted octanol–water partition coefficient (Wildman–Crippen LogP) is 4.48. The second kappa shape index (κ2) is 7.48. The van der Waals surface area contributed by atoms with Crippen LogP contribution in [0, 0.1) is 5.82 Å². The average Bonchev–Trinajstić information content (AvgIpc) is 2.69. The standard InChI is InChI=1S/C20H19ClFN3O/c21-17-7-8-23-20-16(17)5-6-18(19(20)22)24-13-14-1-3-15(4-2-14)25-9-11-26-12-10-25/h1-8,24H,9-13H2. The fourth-order valence-corrected chi connectivity index (χ4v) is 3.34. The highest BCUT2D eigenvalue weighted by Crippen LogP contribution is 2.28. The number of pyridine rings is 1. The van der Waals surface area contributed by atoms with Crippen molar-refractivity contribution >= 4 is 33.9 Å². The highest BCUT2D eigenvalue weighted by Gasteiger charge is 2.12. The smallest absolute Gasteiger partial charge is 0.172 e.